The fraction of sp³-hybridized carbons (Fsp3) is 0.550. The van der Waals surface area contributed by atoms with Crippen LogP contribution in [0.3, 0.4) is 0 Å². The molecule has 9 nitrogen and oxygen atoms in total. The Hall–Kier alpha value is -2.97. The number of rotatable bonds is 5. The van der Waals surface area contributed by atoms with Crippen LogP contribution in [0.1, 0.15) is 43.0 Å². The number of benzene rings is 1. The lowest BCUT2D eigenvalue weighted by atomic mass is 9.86. The van der Waals surface area contributed by atoms with E-state index in [0.29, 0.717) is 36.4 Å². The maximum absolute atomic E-state index is 12.3. The Morgan fingerprint density at radius 2 is 1.90 bits per heavy atom. The molecule has 1 fully saturated rings. The zero-order valence-electron chi connectivity index (χ0n) is 16.6. The van der Waals surface area contributed by atoms with E-state index >= 15 is 0 Å². The topological polar surface area (TPSA) is 112 Å². The van der Waals surface area contributed by atoms with Gasteiger partial charge in [-0.2, -0.15) is 0 Å². The van der Waals surface area contributed by atoms with Crippen molar-refractivity contribution in [2.24, 2.45) is 5.92 Å². The van der Waals surface area contributed by atoms with Crippen molar-refractivity contribution >= 4 is 17.9 Å². The third kappa shape index (κ3) is 5.30. The number of esters is 1. The molecule has 0 saturated heterocycles. The fourth-order valence-electron chi connectivity index (χ4n) is 3.50. The van der Waals surface area contributed by atoms with E-state index in [2.05, 4.69) is 17.6 Å². The standard InChI is InChI=1S/C20H26N2O7/c1-12-5-3-4-6-14(12)21-20(25)22-17(23)11-29-19(24)13-9-15(26-2)18-16(10-13)27-7-8-28-18/h9-10,12,14H,3-8,11H2,1-2H3,(H2,21,22,23,25)/t12-,14+/m0/s1. The van der Waals surface area contributed by atoms with E-state index < -0.39 is 24.5 Å². The third-order valence-electron chi connectivity index (χ3n) is 5.08. The first-order chi connectivity index (χ1) is 14.0. The molecule has 0 bridgehead atoms. The molecule has 1 heterocycles. The molecule has 1 aliphatic heterocycles. The van der Waals surface area contributed by atoms with Crippen molar-refractivity contribution < 1.29 is 33.3 Å². The number of carbonyl (C=O) groups excluding carboxylic acids is 3. The number of hydrogen-bond acceptors (Lipinski definition) is 7. The molecule has 3 amide bonds. The minimum absolute atomic E-state index is 0.0456. The summed E-state index contributed by atoms with van der Waals surface area (Å²) in [6.07, 6.45) is 4.15. The molecule has 2 aliphatic rings. The van der Waals surface area contributed by atoms with Gasteiger partial charge in [0.05, 0.1) is 12.7 Å². The van der Waals surface area contributed by atoms with Gasteiger partial charge in [-0.1, -0.05) is 19.8 Å². The SMILES string of the molecule is COc1cc(C(=O)OCC(=O)NC(=O)N[C@@H]2CCCC[C@@H]2C)cc2c1OCCO2. The van der Waals surface area contributed by atoms with Crippen LogP contribution >= 0.6 is 0 Å². The van der Waals surface area contributed by atoms with E-state index in [-0.39, 0.29) is 11.6 Å². The summed E-state index contributed by atoms with van der Waals surface area (Å²) >= 11 is 0. The second kappa shape index (κ2) is 9.49. The van der Waals surface area contributed by atoms with Crippen LogP contribution in [-0.2, 0) is 9.53 Å². The van der Waals surface area contributed by atoms with Crippen molar-refractivity contribution in [1.82, 2.24) is 10.6 Å². The van der Waals surface area contributed by atoms with Crippen LogP contribution in [0.4, 0.5) is 4.79 Å². The summed E-state index contributed by atoms with van der Waals surface area (Å²) in [4.78, 5) is 36.2. The van der Waals surface area contributed by atoms with Crippen molar-refractivity contribution in [3.05, 3.63) is 17.7 Å². The Bertz CT molecular complexity index is 763. The van der Waals surface area contributed by atoms with Crippen molar-refractivity contribution in [2.45, 2.75) is 38.6 Å². The smallest absolute Gasteiger partial charge is 0.338 e. The number of carbonyl (C=O) groups is 3. The second-order valence-corrected chi connectivity index (χ2v) is 7.17. The van der Waals surface area contributed by atoms with Gasteiger partial charge >= 0.3 is 12.0 Å². The van der Waals surface area contributed by atoms with E-state index in [0.717, 1.165) is 25.7 Å². The normalized spacial score (nSPS) is 20.3. The molecule has 0 spiro atoms. The minimum atomic E-state index is -0.739. The molecule has 3 rings (SSSR count). The van der Waals surface area contributed by atoms with Crippen LogP contribution in [0.2, 0.25) is 0 Å². The molecular weight excluding hydrogens is 380 g/mol. The van der Waals surface area contributed by atoms with E-state index in [1.54, 1.807) is 0 Å². The van der Waals surface area contributed by atoms with Gasteiger partial charge in [0.15, 0.2) is 18.1 Å². The molecule has 1 aromatic carbocycles. The summed E-state index contributed by atoms with van der Waals surface area (Å²) in [7, 11) is 1.45. The summed E-state index contributed by atoms with van der Waals surface area (Å²) in [5.74, 6) is 0.0439. The van der Waals surface area contributed by atoms with E-state index in [9.17, 15) is 14.4 Å². The number of urea groups is 1. The summed E-state index contributed by atoms with van der Waals surface area (Å²) in [5.41, 5.74) is 0.152. The molecule has 158 valence electrons. The molecule has 0 unspecified atom stereocenters. The molecule has 0 radical (unpaired) electrons. The van der Waals surface area contributed by atoms with Gasteiger partial charge in [0.2, 0.25) is 5.75 Å². The number of imide groups is 1. The second-order valence-electron chi connectivity index (χ2n) is 7.17. The van der Waals surface area contributed by atoms with Crippen molar-refractivity contribution in [1.29, 1.82) is 0 Å². The highest BCUT2D eigenvalue weighted by molar-refractivity contribution is 5.97. The first kappa shape index (κ1) is 20.8. The predicted molar refractivity (Wildman–Crippen MR) is 102 cm³/mol. The molecule has 1 aliphatic carbocycles. The largest absolute Gasteiger partial charge is 0.493 e. The number of fused-ring (bicyclic) bond motifs is 1. The van der Waals surface area contributed by atoms with E-state index in [4.69, 9.17) is 18.9 Å². The average Bonchev–Trinajstić information content (AvgIpc) is 2.72. The van der Waals surface area contributed by atoms with Gasteiger partial charge in [-0.05, 0) is 30.9 Å². The highest BCUT2D eigenvalue weighted by Crippen LogP contribution is 2.40. The lowest BCUT2D eigenvalue weighted by molar-refractivity contribution is -0.123. The number of nitrogens with one attached hydrogen (secondary N) is 2. The summed E-state index contributed by atoms with van der Waals surface area (Å²) in [6.45, 7) is 2.24. The Morgan fingerprint density at radius 3 is 2.66 bits per heavy atom. The molecule has 0 aromatic heterocycles. The molecular formula is C20H26N2O7. The van der Waals surface area contributed by atoms with Crippen LogP contribution in [0.15, 0.2) is 12.1 Å². The van der Waals surface area contributed by atoms with Crippen LogP contribution in [-0.4, -0.2) is 50.9 Å². The molecule has 2 N–H and O–H groups in total. The first-order valence-corrected chi connectivity index (χ1v) is 9.73. The number of methoxy groups -OCH3 is 1. The zero-order chi connectivity index (χ0) is 20.8. The van der Waals surface area contributed by atoms with Crippen LogP contribution in [0.5, 0.6) is 17.2 Å². The van der Waals surface area contributed by atoms with Gasteiger partial charge in [0.1, 0.15) is 13.2 Å². The lowest BCUT2D eigenvalue weighted by Gasteiger charge is -2.29. The first-order valence-electron chi connectivity index (χ1n) is 9.73. The molecule has 9 heteroatoms. The third-order valence-corrected chi connectivity index (χ3v) is 5.08. The number of amides is 3. The lowest BCUT2D eigenvalue weighted by Crippen LogP contribution is -2.48. The van der Waals surface area contributed by atoms with Gasteiger partial charge in [0.25, 0.3) is 5.91 Å². The summed E-state index contributed by atoms with van der Waals surface area (Å²) in [5, 5.41) is 5.00. The van der Waals surface area contributed by atoms with E-state index in [1.165, 1.54) is 19.2 Å². The molecule has 29 heavy (non-hydrogen) atoms. The highest BCUT2D eigenvalue weighted by atomic mass is 16.6. The van der Waals surface area contributed by atoms with Crippen molar-refractivity contribution in [2.75, 3.05) is 26.9 Å². The maximum Gasteiger partial charge on any atom is 0.338 e. The van der Waals surface area contributed by atoms with Crippen LogP contribution in [0, 0.1) is 5.92 Å². The average molecular weight is 406 g/mol. The fourth-order valence-corrected chi connectivity index (χ4v) is 3.50. The zero-order valence-corrected chi connectivity index (χ0v) is 16.6. The Kier molecular flexibility index (Phi) is 6.79. The number of ether oxygens (including phenoxy) is 4. The maximum atomic E-state index is 12.3. The highest BCUT2D eigenvalue weighted by Gasteiger charge is 2.24. The Balaban J connectivity index is 1.51. The molecule has 1 saturated carbocycles. The van der Waals surface area contributed by atoms with Crippen molar-refractivity contribution in [3.8, 4) is 17.2 Å². The molecule has 2 atom stereocenters. The Morgan fingerprint density at radius 1 is 1.14 bits per heavy atom. The van der Waals surface area contributed by atoms with Crippen molar-refractivity contribution in [3.63, 3.8) is 0 Å². The monoisotopic (exact) mass is 406 g/mol. The van der Waals surface area contributed by atoms with E-state index in [1.807, 2.05) is 0 Å². The van der Waals surface area contributed by atoms with Gasteiger partial charge in [0, 0.05) is 6.04 Å². The van der Waals surface area contributed by atoms with Crippen LogP contribution < -0.4 is 24.8 Å². The summed E-state index contributed by atoms with van der Waals surface area (Å²) < 4.78 is 21.2. The van der Waals surface area contributed by atoms with Crippen LogP contribution in [0.25, 0.3) is 0 Å². The molecule has 1 aromatic rings. The predicted octanol–water partition coefficient (Wildman–Crippen LogP) is 2.03. The van der Waals surface area contributed by atoms with Gasteiger partial charge in [-0.25, -0.2) is 9.59 Å². The quantitative estimate of drug-likeness (QED) is 0.720. The number of hydrogen-bond donors (Lipinski definition) is 2. The van der Waals surface area contributed by atoms with Gasteiger partial charge in [-0.3, -0.25) is 10.1 Å². The van der Waals surface area contributed by atoms with Gasteiger partial charge in [-0.15, -0.1) is 0 Å². The van der Waals surface area contributed by atoms with Gasteiger partial charge < -0.3 is 24.3 Å². The Labute approximate surface area is 169 Å². The summed E-state index contributed by atoms with van der Waals surface area (Å²) in [6, 6.07) is 2.38. The minimum Gasteiger partial charge on any atom is -0.493 e.